The first-order chi connectivity index (χ1) is 12.6. The molecule has 142 valence electrons. The van der Waals surface area contributed by atoms with Crippen LogP contribution in [-0.4, -0.2) is 30.6 Å². The standard InChI is InChI=1S/C20H30N4OS/c1-5-21-20(22-12-11-17-14-26-19(24-17)15(3)4)23-13-16-9-7-8-10-18(16)25-6-2/h7-10,14-15H,5-6,11-13H2,1-4H3,(H2,21,22,23). The van der Waals surface area contributed by atoms with Gasteiger partial charge in [0.25, 0.3) is 0 Å². The maximum atomic E-state index is 5.67. The summed E-state index contributed by atoms with van der Waals surface area (Å²) >= 11 is 1.74. The molecule has 0 saturated heterocycles. The van der Waals surface area contributed by atoms with Crippen LogP contribution in [0.1, 0.15) is 49.9 Å². The molecular formula is C20H30N4OS. The van der Waals surface area contributed by atoms with E-state index in [1.165, 1.54) is 5.01 Å². The lowest BCUT2D eigenvalue weighted by molar-refractivity contribution is 0.336. The lowest BCUT2D eigenvalue weighted by Crippen LogP contribution is -2.38. The summed E-state index contributed by atoms with van der Waals surface area (Å²) in [6.07, 6.45) is 0.892. The Morgan fingerprint density at radius 2 is 2.04 bits per heavy atom. The van der Waals surface area contributed by atoms with Crippen molar-refractivity contribution in [1.82, 2.24) is 15.6 Å². The van der Waals surface area contributed by atoms with Crippen molar-refractivity contribution in [2.45, 2.75) is 46.6 Å². The number of hydrogen-bond donors (Lipinski definition) is 2. The molecule has 1 aromatic heterocycles. The monoisotopic (exact) mass is 374 g/mol. The minimum absolute atomic E-state index is 0.492. The van der Waals surface area contributed by atoms with Crippen LogP contribution in [0.5, 0.6) is 5.75 Å². The molecule has 2 N–H and O–H groups in total. The van der Waals surface area contributed by atoms with Crippen molar-refractivity contribution in [3.63, 3.8) is 0 Å². The first-order valence-corrected chi connectivity index (χ1v) is 10.2. The predicted octanol–water partition coefficient (Wildman–Crippen LogP) is 3.96. The number of benzene rings is 1. The number of ether oxygens (including phenoxy) is 1. The molecule has 0 aliphatic heterocycles. The molecule has 0 bridgehead atoms. The van der Waals surface area contributed by atoms with Crippen molar-refractivity contribution in [3.05, 3.63) is 45.9 Å². The Labute approximate surface area is 160 Å². The smallest absolute Gasteiger partial charge is 0.191 e. The molecule has 0 unspecified atom stereocenters. The number of thiazole rings is 1. The summed E-state index contributed by atoms with van der Waals surface area (Å²) in [5.41, 5.74) is 2.23. The van der Waals surface area contributed by atoms with E-state index in [4.69, 9.17) is 4.74 Å². The van der Waals surface area contributed by atoms with Crippen LogP contribution in [0.15, 0.2) is 34.6 Å². The van der Waals surface area contributed by atoms with Crippen LogP contribution in [-0.2, 0) is 13.0 Å². The lowest BCUT2D eigenvalue weighted by Gasteiger charge is -2.12. The highest BCUT2D eigenvalue weighted by molar-refractivity contribution is 7.09. The van der Waals surface area contributed by atoms with Crippen LogP contribution >= 0.6 is 11.3 Å². The third-order valence-corrected chi connectivity index (χ3v) is 4.96. The van der Waals surface area contributed by atoms with E-state index in [1.54, 1.807) is 11.3 Å². The number of para-hydroxylation sites is 1. The summed E-state index contributed by atoms with van der Waals surface area (Å²) < 4.78 is 5.67. The largest absolute Gasteiger partial charge is 0.494 e. The van der Waals surface area contributed by atoms with Gasteiger partial charge in [-0.3, -0.25) is 0 Å². The Morgan fingerprint density at radius 1 is 1.23 bits per heavy atom. The first kappa shape index (κ1) is 20.2. The predicted molar refractivity (Wildman–Crippen MR) is 110 cm³/mol. The van der Waals surface area contributed by atoms with E-state index in [9.17, 15) is 0 Å². The number of aliphatic imine (C=N–C) groups is 1. The Bertz CT molecular complexity index is 697. The van der Waals surface area contributed by atoms with Crippen LogP contribution in [0.25, 0.3) is 0 Å². The van der Waals surface area contributed by atoms with E-state index in [2.05, 4.69) is 52.8 Å². The Morgan fingerprint density at radius 3 is 2.73 bits per heavy atom. The van der Waals surface area contributed by atoms with Gasteiger partial charge in [-0.25, -0.2) is 9.98 Å². The summed E-state index contributed by atoms with van der Waals surface area (Å²) in [6, 6.07) is 8.05. The highest BCUT2D eigenvalue weighted by Gasteiger charge is 2.06. The Kier molecular flexibility index (Phi) is 8.41. The molecule has 26 heavy (non-hydrogen) atoms. The average molecular weight is 375 g/mol. The van der Waals surface area contributed by atoms with Crippen LogP contribution in [0.2, 0.25) is 0 Å². The fraction of sp³-hybridized carbons (Fsp3) is 0.500. The summed E-state index contributed by atoms with van der Waals surface area (Å²) in [7, 11) is 0. The fourth-order valence-corrected chi connectivity index (χ4v) is 3.32. The number of nitrogens with one attached hydrogen (secondary N) is 2. The molecule has 5 nitrogen and oxygen atoms in total. The van der Waals surface area contributed by atoms with E-state index >= 15 is 0 Å². The molecule has 0 saturated carbocycles. The second-order valence-corrected chi connectivity index (χ2v) is 7.13. The molecule has 0 aliphatic rings. The van der Waals surface area contributed by atoms with Crippen LogP contribution in [0, 0.1) is 0 Å². The van der Waals surface area contributed by atoms with Gasteiger partial charge in [-0.2, -0.15) is 0 Å². The lowest BCUT2D eigenvalue weighted by atomic mass is 10.2. The van der Waals surface area contributed by atoms with Crippen molar-refractivity contribution in [3.8, 4) is 5.75 Å². The highest BCUT2D eigenvalue weighted by atomic mass is 32.1. The van der Waals surface area contributed by atoms with Crippen molar-refractivity contribution in [1.29, 1.82) is 0 Å². The highest BCUT2D eigenvalue weighted by Crippen LogP contribution is 2.19. The average Bonchev–Trinajstić information content (AvgIpc) is 3.10. The first-order valence-electron chi connectivity index (χ1n) is 9.31. The summed E-state index contributed by atoms with van der Waals surface area (Å²) in [5.74, 6) is 2.21. The maximum Gasteiger partial charge on any atom is 0.191 e. The van der Waals surface area contributed by atoms with E-state index < -0.39 is 0 Å². The number of aromatic nitrogens is 1. The zero-order chi connectivity index (χ0) is 18.8. The molecule has 1 heterocycles. The Hall–Kier alpha value is -2.08. The molecule has 0 spiro atoms. The van der Waals surface area contributed by atoms with Gasteiger partial charge in [0.05, 0.1) is 23.9 Å². The van der Waals surface area contributed by atoms with Gasteiger partial charge >= 0.3 is 0 Å². The molecule has 0 atom stereocenters. The summed E-state index contributed by atoms with van der Waals surface area (Å²) in [5, 5.41) is 10.0. The number of hydrogen-bond acceptors (Lipinski definition) is 4. The minimum Gasteiger partial charge on any atom is -0.494 e. The molecule has 0 radical (unpaired) electrons. The van der Waals surface area contributed by atoms with E-state index in [0.29, 0.717) is 19.1 Å². The number of nitrogens with zero attached hydrogens (tertiary/aromatic N) is 2. The van der Waals surface area contributed by atoms with Gasteiger partial charge in [-0.1, -0.05) is 32.0 Å². The van der Waals surface area contributed by atoms with Crippen molar-refractivity contribution in [2.75, 3.05) is 19.7 Å². The van der Waals surface area contributed by atoms with Gasteiger partial charge in [0.15, 0.2) is 5.96 Å². The van der Waals surface area contributed by atoms with Crippen molar-refractivity contribution in [2.24, 2.45) is 4.99 Å². The Balaban J connectivity index is 1.92. The molecule has 0 aliphatic carbocycles. The van der Waals surface area contributed by atoms with E-state index in [1.807, 2.05) is 25.1 Å². The van der Waals surface area contributed by atoms with Crippen molar-refractivity contribution < 1.29 is 4.74 Å². The van der Waals surface area contributed by atoms with E-state index in [0.717, 1.165) is 42.5 Å². The van der Waals surface area contributed by atoms with Crippen molar-refractivity contribution >= 4 is 17.3 Å². The third kappa shape index (κ3) is 6.33. The van der Waals surface area contributed by atoms with Crippen LogP contribution in [0.4, 0.5) is 0 Å². The minimum atomic E-state index is 0.492. The van der Waals surface area contributed by atoms with Crippen LogP contribution < -0.4 is 15.4 Å². The summed E-state index contributed by atoms with van der Waals surface area (Å²) in [4.78, 5) is 9.37. The van der Waals surface area contributed by atoms with E-state index in [-0.39, 0.29) is 0 Å². The third-order valence-electron chi connectivity index (χ3n) is 3.76. The molecule has 1 aromatic carbocycles. The summed E-state index contributed by atoms with van der Waals surface area (Å²) in [6.45, 7) is 11.3. The van der Waals surface area contributed by atoms with Gasteiger partial charge in [0.1, 0.15) is 5.75 Å². The van der Waals surface area contributed by atoms with Gasteiger partial charge < -0.3 is 15.4 Å². The van der Waals surface area contributed by atoms with Gasteiger partial charge in [0, 0.05) is 36.4 Å². The topological polar surface area (TPSA) is 58.5 Å². The second kappa shape index (κ2) is 10.8. The zero-order valence-electron chi connectivity index (χ0n) is 16.2. The molecule has 6 heteroatoms. The molecule has 2 rings (SSSR count). The van der Waals surface area contributed by atoms with Gasteiger partial charge in [-0.15, -0.1) is 11.3 Å². The fourth-order valence-electron chi connectivity index (χ4n) is 2.45. The second-order valence-electron chi connectivity index (χ2n) is 6.24. The molecule has 0 amide bonds. The number of rotatable bonds is 9. The van der Waals surface area contributed by atoms with Gasteiger partial charge in [-0.05, 0) is 19.9 Å². The maximum absolute atomic E-state index is 5.67. The number of guanidine groups is 1. The molecule has 2 aromatic rings. The SMILES string of the molecule is CCNC(=NCc1ccccc1OCC)NCCc1csc(C(C)C)n1. The molecule has 0 fully saturated rings. The van der Waals surface area contributed by atoms with Crippen LogP contribution in [0.3, 0.4) is 0 Å². The van der Waals surface area contributed by atoms with Gasteiger partial charge in [0.2, 0.25) is 0 Å². The zero-order valence-corrected chi connectivity index (χ0v) is 17.0. The normalized spacial score (nSPS) is 11.7. The quantitative estimate of drug-likeness (QED) is 0.515. The molecular weight excluding hydrogens is 344 g/mol.